The number of hydrogen-bond donors (Lipinski definition) is 1. The summed E-state index contributed by atoms with van der Waals surface area (Å²) in [5.41, 5.74) is 7.49. The Morgan fingerprint density at radius 1 is 1.23 bits per heavy atom. The van der Waals surface area contributed by atoms with Crippen LogP contribution in [0, 0.1) is 0 Å². The number of ether oxygens (including phenoxy) is 2. The fourth-order valence-electron chi connectivity index (χ4n) is 3.88. The highest BCUT2D eigenvalue weighted by molar-refractivity contribution is 5.50. The maximum atomic E-state index is 6.64. The number of para-hydroxylation sites is 1. The van der Waals surface area contributed by atoms with Gasteiger partial charge in [0.25, 0.3) is 0 Å². The van der Waals surface area contributed by atoms with E-state index in [-0.39, 0.29) is 11.6 Å². The van der Waals surface area contributed by atoms with E-state index in [1.807, 2.05) is 12.1 Å². The van der Waals surface area contributed by atoms with E-state index in [4.69, 9.17) is 15.2 Å². The fourth-order valence-corrected chi connectivity index (χ4v) is 3.88. The second-order valence-corrected chi connectivity index (χ2v) is 6.84. The molecule has 0 radical (unpaired) electrons. The lowest BCUT2D eigenvalue weighted by Crippen LogP contribution is -2.39. The Hall–Kier alpha value is -1.26. The van der Waals surface area contributed by atoms with E-state index in [0.29, 0.717) is 0 Å². The minimum Gasteiger partial charge on any atom is -0.493 e. The van der Waals surface area contributed by atoms with Crippen LogP contribution in [0.25, 0.3) is 0 Å². The van der Waals surface area contributed by atoms with Crippen LogP contribution < -0.4 is 15.2 Å². The van der Waals surface area contributed by atoms with Gasteiger partial charge in [0.2, 0.25) is 0 Å². The highest BCUT2D eigenvalue weighted by atomic mass is 16.5. The fraction of sp³-hybridized carbons (Fsp3) is 0.667. The molecule has 1 aliphatic heterocycles. The first-order valence-corrected chi connectivity index (χ1v) is 8.44. The van der Waals surface area contributed by atoms with Gasteiger partial charge in [0.1, 0.15) is 6.10 Å². The summed E-state index contributed by atoms with van der Waals surface area (Å²) >= 11 is 0. The maximum Gasteiger partial charge on any atom is 0.165 e. The molecule has 4 heteroatoms. The summed E-state index contributed by atoms with van der Waals surface area (Å²) in [6.45, 7) is 2.13. The summed E-state index contributed by atoms with van der Waals surface area (Å²) in [6, 6.07) is 6.16. The first-order valence-electron chi connectivity index (χ1n) is 8.44. The van der Waals surface area contributed by atoms with Gasteiger partial charge in [-0.1, -0.05) is 25.0 Å². The molecule has 0 bridgehead atoms. The zero-order valence-corrected chi connectivity index (χ0v) is 13.8. The monoisotopic (exact) mass is 304 g/mol. The second-order valence-electron chi connectivity index (χ2n) is 6.84. The van der Waals surface area contributed by atoms with E-state index in [2.05, 4.69) is 18.0 Å². The number of likely N-dealkylation sites (N-methyl/N-ethyl adjacent to an activating group) is 1. The van der Waals surface area contributed by atoms with Gasteiger partial charge in [-0.05, 0) is 45.3 Å². The SMILES string of the molecule is COc1c(OC2CCCN(C)C2)cccc1C1(N)CCCC1. The lowest BCUT2D eigenvalue weighted by molar-refractivity contribution is 0.101. The molecule has 22 heavy (non-hydrogen) atoms. The van der Waals surface area contributed by atoms with Crippen molar-refractivity contribution >= 4 is 0 Å². The van der Waals surface area contributed by atoms with E-state index in [1.165, 1.54) is 19.3 Å². The van der Waals surface area contributed by atoms with Crippen LogP contribution in [-0.2, 0) is 5.54 Å². The van der Waals surface area contributed by atoms with Crippen LogP contribution in [0.3, 0.4) is 0 Å². The van der Waals surface area contributed by atoms with Gasteiger partial charge < -0.3 is 20.1 Å². The largest absolute Gasteiger partial charge is 0.493 e. The van der Waals surface area contributed by atoms with Crippen molar-refractivity contribution < 1.29 is 9.47 Å². The molecule has 3 rings (SSSR count). The smallest absolute Gasteiger partial charge is 0.165 e. The number of methoxy groups -OCH3 is 1. The number of hydrogen-bond acceptors (Lipinski definition) is 4. The van der Waals surface area contributed by atoms with Crippen LogP contribution in [0.15, 0.2) is 18.2 Å². The van der Waals surface area contributed by atoms with Crippen molar-refractivity contribution in [1.82, 2.24) is 4.90 Å². The Balaban J connectivity index is 1.85. The van der Waals surface area contributed by atoms with Crippen LogP contribution in [0.5, 0.6) is 11.5 Å². The van der Waals surface area contributed by atoms with Crippen molar-refractivity contribution in [2.45, 2.75) is 50.2 Å². The molecule has 1 saturated carbocycles. The maximum absolute atomic E-state index is 6.64. The van der Waals surface area contributed by atoms with E-state index in [9.17, 15) is 0 Å². The van der Waals surface area contributed by atoms with Crippen molar-refractivity contribution in [3.63, 3.8) is 0 Å². The summed E-state index contributed by atoms with van der Waals surface area (Å²) < 4.78 is 12.0. The molecule has 0 aromatic heterocycles. The number of piperidine rings is 1. The molecule has 2 aliphatic rings. The molecule has 2 N–H and O–H groups in total. The number of nitrogens with two attached hydrogens (primary N) is 1. The molecule has 122 valence electrons. The Labute approximate surface area is 133 Å². The molecule has 4 nitrogen and oxygen atoms in total. The van der Waals surface area contributed by atoms with Gasteiger partial charge in [-0.25, -0.2) is 0 Å². The van der Waals surface area contributed by atoms with E-state index in [0.717, 1.165) is 49.4 Å². The Kier molecular flexibility index (Phi) is 4.59. The van der Waals surface area contributed by atoms with E-state index >= 15 is 0 Å². The Bertz CT molecular complexity index is 512. The van der Waals surface area contributed by atoms with Crippen molar-refractivity contribution in [3.05, 3.63) is 23.8 Å². The van der Waals surface area contributed by atoms with Crippen LogP contribution in [0.2, 0.25) is 0 Å². The van der Waals surface area contributed by atoms with Crippen molar-refractivity contribution in [3.8, 4) is 11.5 Å². The van der Waals surface area contributed by atoms with Crippen molar-refractivity contribution in [1.29, 1.82) is 0 Å². The number of benzene rings is 1. The van der Waals surface area contributed by atoms with Gasteiger partial charge in [-0.15, -0.1) is 0 Å². The lowest BCUT2D eigenvalue weighted by Gasteiger charge is -2.32. The quantitative estimate of drug-likeness (QED) is 0.929. The van der Waals surface area contributed by atoms with Gasteiger partial charge in [0, 0.05) is 17.6 Å². The molecule has 1 saturated heterocycles. The van der Waals surface area contributed by atoms with E-state index in [1.54, 1.807) is 7.11 Å². The number of rotatable bonds is 4. The zero-order chi connectivity index (χ0) is 15.6. The molecular weight excluding hydrogens is 276 g/mol. The average molecular weight is 304 g/mol. The first kappa shape index (κ1) is 15.6. The van der Waals surface area contributed by atoms with Crippen LogP contribution in [-0.4, -0.2) is 38.3 Å². The third-order valence-electron chi connectivity index (χ3n) is 5.09. The van der Waals surface area contributed by atoms with Gasteiger partial charge in [0.05, 0.1) is 7.11 Å². The topological polar surface area (TPSA) is 47.7 Å². The zero-order valence-electron chi connectivity index (χ0n) is 13.8. The first-order chi connectivity index (χ1) is 10.6. The summed E-state index contributed by atoms with van der Waals surface area (Å²) in [5, 5.41) is 0. The summed E-state index contributed by atoms with van der Waals surface area (Å²) in [5.74, 6) is 1.68. The van der Waals surface area contributed by atoms with E-state index < -0.39 is 0 Å². The predicted molar refractivity (Wildman–Crippen MR) is 88.5 cm³/mol. The highest BCUT2D eigenvalue weighted by Crippen LogP contribution is 2.44. The van der Waals surface area contributed by atoms with Gasteiger partial charge in [0.15, 0.2) is 11.5 Å². The Morgan fingerprint density at radius 2 is 2.00 bits per heavy atom. The number of likely N-dealkylation sites (tertiary alicyclic amines) is 1. The second kappa shape index (κ2) is 6.47. The molecule has 1 aromatic carbocycles. The molecule has 0 amide bonds. The average Bonchev–Trinajstić information content (AvgIpc) is 2.95. The predicted octanol–water partition coefficient (Wildman–Crippen LogP) is 2.90. The molecule has 1 unspecified atom stereocenters. The lowest BCUT2D eigenvalue weighted by atomic mass is 9.88. The van der Waals surface area contributed by atoms with Gasteiger partial charge in [-0.3, -0.25) is 0 Å². The van der Waals surface area contributed by atoms with Crippen molar-refractivity contribution in [2.24, 2.45) is 5.73 Å². The normalized spacial score (nSPS) is 25.1. The number of nitrogens with zero attached hydrogens (tertiary/aromatic N) is 1. The minimum absolute atomic E-state index is 0.236. The summed E-state index contributed by atoms with van der Waals surface area (Å²) in [6.07, 6.45) is 6.96. The summed E-state index contributed by atoms with van der Waals surface area (Å²) in [4.78, 5) is 2.33. The van der Waals surface area contributed by atoms with Crippen LogP contribution in [0.1, 0.15) is 44.1 Å². The molecule has 2 fully saturated rings. The molecule has 1 aromatic rings. The third-order valence-corrected chi connectivity index (χ3v) is 5.09. The van der Waals surface area contributed by atoms with Crippen LogP contribution in [0.4, 0.5) is 0 Å². The van der Waals surface area contributed by atoms with Crippen molar-refractivity contribution in [2.75, 3.05) is 27.2 Å². The highest BCUT2D eigenvalue weighted by Gasteiger charge is 2.35. The molecular formula is C18H28N2O2. The molecule has 1 aliphatic carbocycles. The standard InChI is InChI=1S/C18H28N2O2/c1-20-12-6-7-14(13-20)22-16-9-5-8-15(17(16)21-2)18(19)10-3-4-11-18/h5,8-9,14H,3-4,6-7,10-13,19H2,1-2H3. The third kappa shape index (κ3) is 3.08. The summed E-state index contributed by atoms with van der Waals surface area (Å²) in [7, 11) is 3.87. The molecule has 0 spiro atoms. The molecule has 1 atom stereocenters. The van der Waals surface area contributed by atoms with Crippen LogP contribution >= 0.6 is 0 Å². The van der Waals surface area contributed by atoms with Gasteiger partial charge in [-0.2, -0.15) is 0 Å². The minimum atomic E-state index is -0.256. The Morgan fingerprint density at radius 3 is 2.68 bits per heavy atom. The van der Waals surface area contributed by atoms with Gasteiger partial charge >= 0.3 is 0 Å². The molecule has 1 heterocycles.